The molecule has 1 aromatic carbocycles. The van der Waals surface area contributed by atoms with Crippen LogP contribution in [0.1, 0.15) is 43.5 Å². The van der Waals surface area contributed by atoms with Gasteiger partial charge >= 0.3 is 0 Å². The second-order valence-corrected chi connectivity index (χ2v) is 5.60. The number of hydrogen-bond donors (Lipinski definition) is 1. The van der Waals surface area contributed by atoms with Gasteiger partial charge in [0.2, 0.25) is 0 Å². The van der Waals surface area contributed by atoms with Crippen LogP contribution < -0.4 is 5.56 Å². The van der Waals surface area contributed by atoms with E-state index in [2.05, 4.69) is 38.6 Å². The zero-order valence-electron chi connectivity index (χ0n) is 12.9. The van der Waals surface area contributed by atoms with Gasteiger partial charge in [-0.25, -0.2) is 9.97 Å². The highest BCUT2D eigenvalue weighted by molar-refractivity contribution is 5.75. The first kappa shape index (κ1) is 14.5. The fourth-order valence-electron chi connectivity index (χ4n) is 2.74. The van der Waals surface area contributed by atoms with Gasteiger partial charge in [0.05, 0.1) is 23.4 Å². The maximum absolute atomic E-state index is 11.6. The molecule has 3 aromatic rings. The lowest BCUT2D eigenvalue weighted by molar-refractivity contribution is 0.515. The van der Waals surface area contributed by atoms with E-state index in [1.165, 1.54) is 5.56 Å². The van der Waals surface area contributed by atoms with Gasteiger partial charge in [0.25, 0.3) is 5.56 Å². The van der Waals surface area contributed by atoms with Crippen molar-refractivity contribution >= 4 is 11.0 Å². The number of nitrogens with zero attached hydrogens (tertiary/aromatic N) is 3. The van der Waals surface area contributed by atoms with Crippen molar-refractivity contribution in [3.8, 4) is 0 Å². The Hall–Kier alpha value is -2.43. The highest BCUT2D eigenvalue weighted by atomic mass is 16.1. The third-order valence-electron chi connectivity index (χ3n) is 3.99. The predicted molar refractivity (Wildman–Crippen MR) is 87.0 cm³/mol. The van der Waals surface area contributed by atoms with Crippen LogP contribution in [0.3, 0.4) is 0 Å². The number of hydrogen-bond acceptors (Lipinski definition) is 3. The SMILES string of the molecule is CCCCC(c1ccc2[nH]c(=O)c(C)nc2c1)n1ccnc1. The largest absolute Gasteiger partial charge is 0.330 e. The standard InChI is InChI=1S/C17H20N4O/c1-3-4-5-16(21-9-8-18-11-21)13-6-7-14-15(10-13)19-12(2)17(22)20-14/h6-11,16H,3-5H2,1-2H3,(H,20,22). The summed E-state index contributed by atoms with van der Waals surface area (Å²) in [7, 11) is 0. The zero-order valence-corrected chi connectivity index (χ0v) is 12.9. The molecule has 0 bridgehead atoms. The Bertz CT molecular complexity index is 820. The van der Waals surface area contributed by atoms with E-state index in [0.29, 0.717) is 5.69 Å². The molecule has 0 aliphatic heterocycles. The smallest absolute Gasteiger partial charge is 0.269 e. The highest BCUT2D eigenvalue weighted by Crippen LogP contribution is 2.26. The zero-order chi connectivity index (χ0) is 15.5. The molecule has 0 amide bonds. The molecule has 3 rings (SSSR count). The van der Waals surface area contributed by atoms with E-state index < -0.39 is 0 Å². The molecule has 114 valence electrons. The Labute approximate surface area is 129 Å². The van der Waals surface area contributed by atoms with Crippen LogP contribution in [0.4, 0.5) is 0 Å². The lowest BCUT2D eigenvalue weighted by atomic mass is 10.0. The summed E-state index contributed by atoms with van der Waals surface area (Å²) >= 11 is 0. The van der Waals surface area contributed by atoms with Crippen LogP contribution >= 0.6 is 0 Å². The molecule has 0 saturated heterocycles. The van der Waals surface area contributed by atoms with Gasteiger partial charge in [-0.05, 0) is 31.0 Å². The summed E-state index contributed by atoms with van der Waals surface area (Å²) in [5, 5.41) is 0. The molecule has 0 aliphatic carbocycles. The Balaban J connectivity index is 2.05. The van der Waals surface area contributed by atoms with Crippen molar-refractivity contribution < 1.29 is 0 Å². The second-order valence-electron chi connectivity index (χ2n) is 5.60. The molecule has 1 N–H and O–H groups in total. The van der Waals surface area contributed by atoms with Crippen LogP contribution in [0.2, 0.25) is 0 Å². The number of aromatic nitrogens is 4. The third kappa shape index (κ3) is 2.79. The number of aromatic amines is 1. The Morgan fingerprint density at radius 1 is 1.36 bits per heavy atom. The molecule has 1 unspecified atom stereocenters. The molecule has 0 fully saturated rings. The minimum Gasteiger partial charge on any atom is -0.330 e. The quantitative estimate of drug-likeness (QED) is 0.786. The number of imidazole rings is 1. The van der Waals surface area contributed by atoms with Gasteiger partial charge in [-0.15, -0.1) is 0 Å². The van der Waals surface area contributed by atoms with Crippen LogP contribution in [0.5, 0.6) is 0 Å². The first-order chi connectivity index (χ1) is 10.7. The summed E-state index contributed by atoms with van der Waals surface area (Å²) in [6.07, 6.45) is 9.02. The van der Waals surface area contributed by atoms with Gasteiger partial charge < -0.3 is 9.55 Å². The number of unbranched alkanes of at least 4 members (excludes halogenated alkanes) is 1. The molecule has 0 saturated carbocycles. The Kier molecular flexibility index (Phi) is 4.04. The highest BCUT2D eigenvalue weighted by Gasteiger charge is 2.14. The number of benzene rings is 1. The number of nitrogens with one attached hydrogen (secondary N) is 1. The Morgan fingerprint density at radius 3 is 2.95 bits per heavy atom. The van der Waals surface area contributed by atoms with Crippen molar-refractivity contribution in [1.82, 2.24) is 19.5 Å². The normalized spacial score (nSPS) is 12.6. The van der Waals surface area contributed by atoms with E-state index in [1.807, 2.05) is 18.6 Å². The lowest BCUT2D eigenvalue weighted by Crippen LogP contribution is -2.13. The fraction of sp³-hybridized carbons (Fsp3) is 0.353. The van der Waals surface area contributed by atoms with Crippen molar-refractivity contribution in [3.05, 3.63) is 58.5 Å². The van der Waals surface area contributed by atoms with Gasteiger partial charge in [0.1, 0.15) is 5.69 Å². The molecule has 5 nitrogen and oxygen atoms in total. The summed E-state index contributed by atoms with van der Waals surface area (Å²) in [6, 6.07) is 6.32. The molecular weight excluding hydrogens is 276 g/mol. The van der Waals surface area contributed by atoms with Crippen molar-refractivity contribution in [3.63, 3.8) is 0 Å². The molecule has 5 heteroatoms. The van der Waals surface area contributed by atoms with Crippen LogP contribution in [0.15, 0.2) is 41.7 Å². The monoisotopic (exact) mass is 296 g/mol. The summed E-state index contributed by atoms with van der Waals surface area (Å²) < 4.78 is 2.13. The Morgan fingerprint density at radius 2 is 2.23 bits per heavy atom. The topological polar surface area (TPSA) is 63.6 Å². The number of fused-ring (bicyclic) bond motifs is 1. The average molecular weight is 296 g/mol. The van der Waals surface area contributed by atoms with E-state index in [-0.39, 0.29) is 11.6 Å². The average Bonchev–Trinajstić information content (AvgIpc) is 3.03. The van der Waals surface area contributed by atoms with Crippen LogP contribution in [-0.2, 0) is 0 Å². The maximum Gasteiger partial charge on any atom is 0.269 e. The maximum atomic E-state index is 11.6. The summed E-state index contributed by atoms with van der Waals surface area (Å²) in [5.74, 6) is 0. The molecule has 0 spiro atoms. The van der Waals surface area contributed by atoms with E-state index in [9.17, 15) is 4.79 Å². The molecule has 0 aliphatic rings. The summed E-state index contributed by atoms with van der Waals surface area (Å²) in [5.41, 5.74) is 3.17. The molecule has 0 radical (unpaired) electrons. The summed E-state index contributed by atoms with van der Waals surface area (Å²) in [6.45, 7) is 3.93. The van der Waals surface area contributed by atoms with E-state index >= 15 is 0 Å². The molecule has 2 heterocycles. The number of H-pyrrole nitrogens is 1. The van der Waals surface area contributed by atoms with Crippen molar-refractivity contribution in [1.29, 1.82) is 0 Å². The molecule has 22 heavy (non-hydrogen) atoms. The van der Waals surface area contributed by atoms with E-state index in [1.54, 1.807) is 13.1 Å². The fourth-order valence-corrected chi connectivity index (χ4v) is 2.74. The van der Waals surface area contributed by atoms with Crippen LogP contribution in [0.25, 0.3) is 11.0 Å². The van der Waals surface area contributed by atoms with Crippen molar-refractivity contribution in [2.75, 3.05) is 0 Å². The van der Waals surface area contributed by atoms with Gasteiger partial charge in [-0.1, -0.05) is 25.8 Å². The molecule has 2 aromatic heterocycles. The first-order valence-corrected chi connectivity index (χ1v) is 7.67. The third-order valence-corrected chi connectivity index (χ3v) is 3.99. The van der Waals surface area contributed by atoms with Gasteiger partial charge in [0, 0.05) is 12.4 Å². The van der Waals surface area contributed by atoms with Gasteiger partial charge in [0.15, 0.2) is 0 Å². The van der Waals surface area contributed by atoms with Crippen molar-refractivity contribution in [2.24, 2.45) is 0 Å². The minimum absolute atomic E-state index is 0.127. The van der Waals surface area contributed by atoms with Crippen LogP contribution in [0, 0.1) is 6.92 Å². The number of rotatable bonds is 5. The van der Waals surface area contributed by atoms with E-state index in [4.69, 9.17) is 0 Å². The van der Waals surface area contributed by atoms with Gasteiger partial charge in [-0.3, -0.25) is 4.79 Å². The second kappa shape index (κ2) is 6.13. The minimum atomic E-state index is -0.127. The molecule has 1 atom stereocenters. The van der Waals surface area contributed by atoms with Crippen molar-refractivity contribution in [2.45, 2.75) is 39.2 Å². The lowest BCUT2D eigenvalue weighted by Gasteiger charge is -2.19. The molecular formula is C17H20N4O. The van der Waals surface area contributed by atoms with E-state index in [0.717, 1.165) is 30.3 Å². The predicted octanol–water partition coefficient (Wildman–Crippen LogP) is 3.21. The number of aryl methyl sites for hydroxylation is 1. The van der Waals surface area contributed by atoms with Gasteiger partial charge in [-0.2, -0.15) is 0 Å². The first-order valence-electron chi connectivity index (χ1n) is 7.67. The summed E-state index contributed by atoms with van der Waals surface area (Å²) in [4.78, 5) is 23.1. The van der Waals surface area contributed by atoms with Crippen LogP contribution in [-0.4, -0.2) is 19.5 Å².